The number of para-hydroxylation sites is 1. The molecule has 0 fully saturated rings. The van der Waals surface area contributed by atoms with Crippen LogP contribution in [0.25, 0.3) is 0 Å². The summed E-state index contributed by atoms with van der Waals surface area (Å²) in [4.78, 5) is 4.23. The Balaban J connectivity index is 2.20. The first kappa shape index (κ1) is 14.8. The highest BCUT2D eigenvalue weighted by Gasteiger charge is 2.13. The van der Waals surface area contributed by atoms with E-state index in [1.54, 1.807) is 16.8 Å². The second kappa shape index (κ2) is 7.26. The number of aromatic nitrogens is 1. The van der Waals surface area contributed by atoms with Gasteiger partial charge in [0, 0.05) is 11.4 Å². The quantitative estimate of drug-likeness (QED) is 0.852. The minimum absolute atomic E-state index is 0.0773. The van der Waals surface area contributed by atoms with Gasteiger partial charge in [-0.3, -0.25) is 0 Å². The van der Waals surface area contributed by atoms with E-state index in [-0.39, 0.29) is 6.04 Å². The maximum atomic E-state index is 5.93. The van der Waals surface area contributed by atoms with E-state index in [1.165, 1.54) is 0 Å². The number of thiazole rings is 1. The Labute approximate surface area is 123 Å². The lowest BCUT2D eigenvalue weighted by molar-refractivity contribution is 0.264. The minimum atomic E-state index is 0.0773. The number of hydrogen-bond acceptors (Lipinski definition) is 5. The molecule has 0 amide bonds. The molecule has 5 heteroatoms. The number of rotatable bonds is 7. The van der Waals surface area contributed by atoms with Gasteiger partial charge >= 0.3 is 0 Å². The van der Waals surface area contributed by atoms with Gasteiger partial charge in [-0.05, 0) is 31.9 Å². The zero-order chi connectivity index (χ0) is 14.4. The number of nitrogens with two attached hydrogens (primary N) is 1. The molecule has 0 spiro atoms. The Kier molecular flexibility index (Phi) is 5.38. The Morgan fingerprint density at radius 2 is 2.20 bits per heavy atom. The molecule has 0 saturated carbocycles. The van der Waals surface area contributed by atoms with Crippen LogP contribution >= 0.6 is 11.3 Å². The molecule has 1 unspecified atom stereocenters. The molecule has 20 heavy (non-hydrogen) atoms. The standard InChI is InChI=1S/C15H20N2O2S/c1-3-18-14-6-4-5-12(7-11(2)16)15(14)19-8-13-9-20-10-17-13/h4-6,9-11H,3,7-8,16H2,1-2H3. The van der Waals surface area contributed by atoms with Crippen molar-refractivity contribution in [2.24, 2.45) is 5.73 Å². The molecule has 1 aromatic carbocycles. The van der Waals surface area contributed by atoms with Crippen molar-refractivity contribution in [2.75, 3.05) is 6.61 Å². The Morgan fingerprint density at radius 3 is 2.85 bits per heavy atom. The van der Waals surface area contributed by atoms with E-state index < -0.39 is 0 Å². The monoisotopic (exact) mass is 292 g/mol. The minimum Gasteiger partial charge on any atom is -0.490 e. The Morgan fingerprint density at radius 1 is 1.35 bits per heavy atom. The van der Waals surface area contributed by atoms with E-state index in [1.807, 2.05) is 37.4 Å². The van der Waals surface area contributed by atoms with Crippen LogP contribution in [-0.4, -0.2) is 17.6 Å². The molecule has 1 aromatic heterocycles. The highest BCUT2D eigenvalue weighted by Crippen LogP contribution is 2.32. The van der Waals surface area contributed by atoms with Gasteiger partial charge in [0.1, 0.15) is 6.61 Å². The molecule has 2 N–H and O–H groups in total. The molecule has 0 aliphatic carbocycles. The summed E-state index contributed by atoms with van der Waals surface area (Å²) in [5.74, 6) is 1.54. The van der Waals surface area contributed by atoms with Crippen LogP contribution < -0.4 is 15.2 Å². The van der Waals surface area contributed by atoms with Crippen LogP contribution in [0.2, 0.25) is 0 Å². The largest absolute Gasteiger partial charge is 0.490 e. The van der Waals surface area contributed by atoms with Crippen molar-refractivity contribution in [1.82, 2.24) is 4.98 Å². The normalized spacial score (nSPS) is 12.2. The molecule has 1 atom stereocenters. The molecule has 108 valence electrons. The zero-order valence-corrected chi connectivity index (χ0v) is 12.7. The predicted octanol–water partition coefficient (Wildman–Crippen LogP) is 3.01. The molecule has 0 aliphatic heterocycles. The summed E-state index contributed by atoms with van der Waals surface area (Å²) >= 11 is 1.56. The van der Waals surface area contributed by atoms with Crippen molar-refractivity contribution >= 4 is 11.3 Å². The fraction of sp³-hybridized carbons (Fsp3) is 0.400. The second-order valence-electron chi connectivity index (χ2n) is 4.63. The van der Waals surface area contributed by atoms with Crippen LogP contribution in [0.5, 0.6) is 11.5 Å². The Hall–Kier alpha value is -1.59. The van der Waals surface area contributed by atoms with Gasteiger partial charge in [0.25, 0.3) is 0 Å². The lowest BCUT2D eigenvalue weighted by Crippen LogP contribution is -2.18. The van der Waals surface area contributed by atoms with E-state index in [4.69, 9.17) is 15.2 Å². The first-order valence-corrected chi connectivity index (χ1v) is 7.65. The van der Waals surface area contributed by atoms with Gasteiger partial charge in [0.15, 0.2) is 11.5 Å². The van der Waals surface area contributed by atoms with Crippen LogP contribution in [0, 0.1) is 0 Å². The molecule has 1 heterocycles. The van der Waals surface area contributed by atoms with Gasteiger partial charge in [-0.15, -0.1) is 11.3 Å². The van der Waals surface area contributed by atoms with Crippen molar-refractivity contribution in [3.63, 3.8) is 0 Å². The number of ether oxygens (including phenoxy) is 2. The van der Waals surface area contributed by atoms with Crippen LogP contribution in [0.15, 0.2) is 29.1 Å². The second-order valence-corrected chi connectivity index (χ2v) is 5.35. The third kappa shape index (κ3) is 3.95. The number of hydrogen-bond donors (Lipinski definition) is 1. The molecule has 0 aliphatic rings. The lowest BCUT2D eigenvalue weighted by atomic mass is 10.1. The summed E-state index contributed by atoms with van der Waals surface area (Å²) in [5, 5.41) is 1.98. The van der Waals surface area contributed by atoms with Gasteiger partial charge in [-0.1, -0.05) is 12.1 Å². The van der Waals surface area contributed by atoms with Crippen molar-refractivity contribution < 1.29 is 9.47 Å². The average molecular weight is 292 g/mol. The molecule has 2 aromatic rings. The topological polar surface area (TPSA) is 57.4 Å². The van der Waals surface area contributed by atoms with Crippen LogP contribution in [-0.2, 0) is 13.0 Å². The third-order valence-corrected chi connectivity index (χ3v) is 3.39. The van der Waals surface area contributed by atoms with Gasteiger partial charge in [0.2, 0.25) is 0 Å². The molecule has 4 nitrogen and oxygen atoms in total. The Bertz CT molecular complexity index is 527. The molecule has 0 saturated heterocycles. The van der Waals surface area contributed by atoms with E-state index in [0.29, 0.717) is 13.2 Å². The maximum Gasteiger partial charge on any atom is 0.165 e. The van der Waals surface area contributed by atoms with E-state index in [0.717, 1.165) is 29.2 Å². The van der Waals surface area contributed by atoms with Gasteiger partial charge in [-0.2, -0.15) is 0 Å². The summed E-state index contributed by atoms with van der Waals surface area (Å²) < 4.78 is 11.6. The molecule has 2 rings (SSSR count). The van der Waals surface area contributed by atoms with Crippen molar-refractivity contribution in [2.45, 2.75) is 32.9 Å². The summed E-state index contributed by atoms with van der Waals surface area (Å²) in [6, 6.07) is 6.00. The average Bonchev–Trinajstić information content (AvgIpc) is 2.91. The summed E-state index contributed by atoms with van der Waals surface area (Å²) in [5.41, 5.74) is 9.70. The predicted molar refractivity (Wildman–Crippen MR) is 81.4 cm³/mol. The first-order chi connectivity index (χ1) is 9.70. The fourth-order valence-corrected chi connectivity index (χ4v) is 2.50. The molecule has 0 bridgehead atoms. The fourth-order valence-electron chi connectivity index (χ4n) is 1.96. The zero-order valence-electron chi connectivity index (χ0n) is 11.8. The van der Waals surface area contributed by atoms with Gasteiger partial charge in [0.05, 0.1) is 17.8 Å². The molecular weight excluding hydrogens is 272 g/mol. The highest BCUT2D eigenvalue weighted by atomic mass is 32.1. The lowest BCUT2D eigenvalue weighted by Gasteiger charge is -2.16. The number of benzene rings is 1. The van der Waals surface area contributed by atoms with Crippen molar-refractivity contribution in [3.8, 4) is 11.5 Å². The van der Waals surface area contributed by atoms with Crippen LogP contribution in [0.4, 0.5) is 0 Å². The van der Waals surface area contributed by atoms with Gasteiger partial charge < -0.3 is 15.2 Å². The maximum absolute atomic E-state index is 5.93. The summed E-state index contributed by atoms with van der Waals surface area (Å²) in [7, 11) is 0. The van der Waals surface area contributed by atoms with E-state index >= 15 is 0 Å². The first-order valence-electron chi connectivity index (χ1n) is 6.70. The van der Waals surface area contributed by atoms with Crippen molar-refractivity contribution in [3.05, 3.63) is 40.3 Å². The smallest absolute Gasteiger partial charge is 0.165 e. The number of nitrogens with zero attached hydrogens (tertiary/aromatic N) is 1. The van der Waals surface area contributed by atoms with Crippen LogP contribution in [0.1, 0.15) is 25.1 Å². The highest BCUT2D eigenvalue weighted by molar-refractivity contribution is 7.07. The third-order valence-electron chi connectivity index (χ3n) is 2.75. The molecular formula is C15H20N2O2S. The van der Waals surface area contributed by atoms with Gasteiger partial charge in [-0.25, -0.2) is 4.98 Å². The summed E-state index contributed by atoms with van der Waals surface area (Å²) in [6.07, 6.45) is 0.757. The van der Waals surface area contributed by atoms with E-state index in [9.17, 15) is 0 Å². The summed E-state index contributed by atoms with van der Waals surface area (Å²) in [6.45, 7) is 4.99. The van der Waals surface area contributed by atoms with Crippen LogP contribution in [0.3, 0.4) is 0 Å². The SMILES string of the molecule is CCOc1cccc(CC(C)N)c1OCc1cscn1. The van der Waals surface area contributed by atoms with E-state index in [2.05, 4.69) is 4.98 Å². The molecule has 0 radical (unpaired) electrons. The van der Waals surface area contributed by atoms with Crippen molar-refractivity contribution in [1.29, 1.82) is 0 Å².